The van der Waals surface area contributed by atoms with E-state index in [1.54, 1.807) is 36.4 Å². The molecular weight excluding hydrogens is 524 g/mol. The lowest BCUT2D eigenvalue weighted by atomic mass is 9.94. The molecule has 1 saturated heterocycles. The van der Waals surface area contributed by atoms with Crippen LogP contribution >= 0.6 is 0 Å². The molecule has 0 unspecified atom stereocenters. The highest BCUT2D eigenvalue weighted by Crippen LogP contribution is 2.32. The van der Waals surface area contributed by atoms with Crippen LogP contribution < -0.4 is 15.1 Å². The molecule has 1 fully saturated rings. The van der Waals surface area contributed by atoms with Gasteiger partial charge in [-0.2, -0.15) is 0 Å². The van der Waals surface area contributed by atoms with Gasteiger partial charge in [-0.1, -0.05) is 66.7 Å². The molecule has 1 N–H and O–H groups in total. The molecule has 41 heavy (non-hydrogen) atoms. The lowest BCUT2D eigenvalue weighted by Crippen LogP contribution is -2.42. The minimum absolute atomic E-state index is 0.149. The van der Waals surface area contributed by atoms with Crippen LogP contribution in [0.25, 0.3) is 11.1 Å². The van der Waals surface area contributed by atoms with Gasteiger partial charge in [-0.3, -0.25) is 19.6 Å². The van der Waals surface area contributed by atoms with E-state index in [-0.39, 0.29) is 12.0 Å². The molecule has 9 nitrogen and oxygen atoms in total. The summed E-state index contributed by atoms with van der Waals surface area (Å²) in [6, 6.07) is 30.4. The maximum absolute atomic E-state index is 13.5. The van der Waals surface area contributed by atoms with Gasteiger partial charge in [0.15, 0.2) is 11.5 Å². The predicted molar refractivity (Wildman–Crippen MR) is 148 cm³/mol. The molecule has 0 spiro atoms. The number of amidine groups is 1. The van der Waals surface area contributed by atoms with Crippen molar-refractivity contribution in [3.8, 4) is 22.6 Å². The number of hydrogen-bond donors (Lipinski definition) is 1. The molecule has 0 aliphatic carbocycles. The zero-order valence-corrected chi connectivity index (χ0v) is 21.7. The van der Waals surface area contributed by atoms with Gasteiger partial charge in [0.2, 0.25) is 5.78 Å². The first-order valence-electron chi connectivity index (χ1n) is 13.0. The fourth-order valence-electron chi connectivity index (χ4n) is 4.60. The summed E-state index contributed by atoms with van der Waals surface area (Å²) >= 11 is 0. The van der Waals surface area contributed by atoms with E-state index in [2.05, 4.69) is 10.3 Å². The average Bonchev–Trinajstić information content (AvgIpc) is 3.65. The highest BCUT2D eigenvalue weighted by molar-refractivity contribution is 6.32. The van der Waals surface area contributed by atoms with Gasteiger partial charge in [0.05, 0.1) is 13.0 Å². The van der Waals surface area contributed by atoms with Crippen LogP contribution in [0.1, 0.15) is 21.5 Å². The molecule has 2 aliphatic heterocycles. The standard InChI is InChI=1S/C32H24N2O7/c35-28(24-14-16-27(17-15-24)41-40-26-4-2-1-3-5-26)32(38-30(36)31(37)39-32)20-21-6-8-22(9-7-21)23-10-12-25(13-11-23)29-33-18-19-34-29/h1-17H,18-20H2,(H,33,34). The third kappa shape index (κ3) is 5.51. The largest absolute Gasteiger partial charge is 0.421 e. The summed E-state index contributed by atoms with van der Waals surface area (Å²) in [6.07, 6.45) is -0.149. The van der Waals surface area contributed by atoms with Gasteiger partial charge in [-0.25, -0.2) is 9.59 Å². The van der Waals surface area contributed by atoms with Crippen molar-refractivity contribution in [2.45, 2.75) is 12.2 Å². The van der Waals surface area contributed by atoms with Crippen LogP contribution in [0.5, 0.6) is 11.5 Å². The Kier molecular flexibility index (Phi) is 6.91. The number of ether oxygens (including phenoxy) is 2. The minimum Gasteiger partial charge on any atom is -0.406 e. The number of carbonyl (C=O) groups is 3. The Labute approximate surface area is 235 Å². The fraction of sp³-hybridized carbons (Fsp3) is 0.125. The number of nitrogens with zero attached hydrogens (tertiary/aromatic N) is 1. The first-order chi connectivity index (χ1) is 20.0. The molecule has 0 aromatic heterocycles. The van der Waals surface area contributed by atoms with Crippen LogP contribution in [0.15, 0.2) is 108 Å². The molecule has 0 amide bonds. The summed E-state index contributed by atoms with van der Waals surface area (Å²) in [5.74, 6) is -3.47. The van der Waals surface area contributed by atoms with E-state index in [9.17, 15) is 14.4 Å². The van der Waals surface area contributed by atoms with E-state index in [1.807, 2.05) is 42.5 Å². The summed E-state index contributed by atoms with van der Waals surface area (Å²) in [4.78, 5) is 52.6. The Hall–Kier alpha value is -5.44. The lowest BCUT2D eigenvalue weighted by Gasteiger charge is -2.24. The van der Waals surface area contributed by atoms with E-state index in [4.69, 9.17) is 19.2 Å². The third-order valence-corrected chi connectivity index (χ3v) is 6.68. The van der Waals surface area contributed by atoms with Gasteiger partial charge >= 0.3 is 17.7 Å². The van der Waals surface area contributed by atoms with Crippen molar-refractivity contribution in [3.05, 3.63) is 120 Å². The third-order valence-electron chi connectivity index (χ3n) is 6.68. The molecule has 0 saturated carbocycles. The fourth-order valence-corrected chi connectivity index (χ4v) is 4.60. The van der Waals surface area contributed by atoms with Gasteiger partial charge in [-0.05, 0) is 53.1 Å². The second kappa shape index (κ2) is 11.0. The van der Waals surface area contributed by atoms with Crippen molar-refractivity contribution < 1.29 is 33.6 Å². The number of ketones is 1. The topological polar surface area (TPSA) is 113 Å². The molecular formula is C32H24N2O7. The average molecular weight is 549 g/mol. The molecule has 4 aromatic rings. The number of cyclic esters (lactones) is 2. The molecule has 204 valence electrons. The Bertz CT molecular complexity index is 1600. The highest BCUT2D eigenvalue weighted by atomic mass is 17.2. The molecule has 2 heterocycles. The molecule has 2 aliphatic rings. The van der Waals surface area contributed by atoms with Crippen LogP contribution in [0, 0.1) is 0 Å². The van der Waals surface area contributed by atoms with Gasteiger partial charge in [-0.15, -0.1) is 0 Å². The van der Waals surface area contributed by atoms with Crippen molar-refractivity contribution in [1.29, 1.82) is 0 Å². The van der Waals surface area contributed by atoms with E-state index in [1.165, 1.54) is 24.3 Å². The van der Waals surface area contributed by atoms with Gasteiger partial charge in [0.25, 0.3) is 0 Å². The second-order valence-electron chi connectivity index (χ2n) is 9.47. The van der Waals surface area contributed by atoms with E-state index >= 15 is 0 Å². The van der Waals surface area contributed by atoms with Crippen LogP contribution in [0.3, 0.4) is 0 Å². The number of benzene rings is 4. The van der Waals surface area contributed by atoms with Crippen molar-refractivity contribution >= 4 is 23.6 Å². The number of Topliss-reactive ketones (excluding diaryl/α,β-unsaturated/α-hetero) is 1. The van der Waals surface area contributed by atoms with Crippen molar-refractivity contribution in [2.24, 2.45) is 4.99 Å². The van der Waals surface area contributed by atoms with E-state index in [0.717, 1.165) is 35.6 Å². The SMILES string of the molecule is O=C1OC(Cc2ccc(-c3ccc(C4=NCCN4)cc3)cc2)(C(=O)c2ccc(OOc3ccccc3)cc2)OC1=O. The van der Waals surface area contributed by atoms with Crippen molar-refractivity contribution in [1.82, 2.24) is 5.32 Å². The van der Waals surface area contributed by atoms with Gasteiger partial charge in [0.1, 0.15) is 5.84 Å². The maximum atomic E-state index is 13.5. The number of aliphatic imine (C=N–C) groups is 1. The van der Waals surface area contributed by atoms with Gasteiger partial charge < -0.3 is 14.8 Å². The Morgan fingerprint density at radius 1 is 0.732 bits per heavy atom. The first-order valence-corrected chi connectivity index (χ1v) is 13.0. The first kappa shape index (κ1) is 25.8. The van der Waals surface area contributed by atoms with Crippen molar-refractivity contribution in [2.75, 3.05) is 13.1 Å². The van der Waals surface area contributed by atoms with Crippen molar-refractivity contribution in [3.63, 3.8) is 0 Å². The molecule has 0 atom stereocenters. The summed E-state index contributed by atoms with van der Waals surface area (Å²) < 4.78 is 10.5. The second-order valence-corrected chi connectivity index (χ2v) is 9.47. The number of hydrogen-bond acceptors (Lipinski definition) is 9. The molecule has 9 heteroatoms. The summed E-state index contributed by atoms with van der Waals surface area (Å²) in [5.41, 5.74) is 3.79. The minimum atomic E-state index is -2.12. The number of nitrogens with one attached hydrogen (secondary N) is 1. The predicted octanol–water partition coefficient (Wildman–Crippen LogP) is 4.30. The molecule has 0 bridgehead atoms. The van der Waals surface area contributed by atoms with E-state index < -0.39 is 23.5 Å². The molecule has 0 radical (unpaired) electrons. The summed E-state index contributed by atoms with van der Waals surface area (Å²) in [5, 5.41) is 3.26. The monoisotopic (exact) mass is 548 g/mol. The summed E-state index contributed by atoms with van der Waals surface area (Å²) in [7, 11) is 0. The highest BCUT2D eigenvalue weighted by Gasteiger charge is 2.54. The Morgan fingerprint density at radius 3 is 1.88 bits per heavy atom. The maximum Gasteiger partial charge on any atom is 0.421 e. The lowest BCUT2D eigenvalue weighted by molar-refractivity contribution is -0.159. The zero-order valence-electron chi connectivity index (χ0n) is 21.7. The zero-order chi connectivity index (χ0) is 28.2. The number of esters is 2. The quantitative estimate of drug-likeness (QED) is 0.108. The molecule has 6 rings (SSSR count). The Balaban J connectivity index is 1.17. The number of rotatable bonds is 9. The number of carbonyl (C=O) groups excluding carboxylic acids is 3. The van der Waals surface area contributed by atoms with Crippen LogP contribution in [0.2, 0.25) is 0 Å². The van der Waals surface area contributed by atoms with Crippen LogP contribution in [0.4, 0.5) is 0 Å². The molecule has 4 aromatic carbocycles. The normalized spacial score (nSPS) is 15.4. The van der Waals surface area contributed by atoms with Crippen LogP contribution in [-0.4, -0.2) is 42.4 Å². The number of para-hydroxylation sites is 1. The Morgan fingerprint density at radius 2 is 1.29 bits per heavy atom. The summed E-state index contributed by atoms with van der Waals surface area (Å²) in [6.45, 7) is 1.62. The smallest absolute Gasteiger partial charge is 0.406 e. The van der Waals surface area contributed by atoms with E-state index in [0.29, 0.717) is 17.1 Å². The van der Waals surface area contributed by atoms with Crippen LogP contribution in [-0.2, 0) is 25.5 Å². The van der Waals surface area contributed by atoms with Gasteiger partial charge in [0, 0.05) is 17.7 Å².